The van der Waals surface area contributed by atoms with Crippen LogP contribution in [0.4, 0.5) is 0 Å². The average Bonchev–Trinajstić information content (AvgIpc) is 2.29. The first kappa shape index (κ1) is 15.9. The van der Waals surface area contributed by atoms with Gasteiger partial charge in [0, 0.05) is 19.7 Å². The van der Waals surface area contributed by atoms with Crippen molar-refractivity contribution in [3.05, 3.63) is 0 Å². The molecule has 0 rings (SSSR count). The summed E-state index contributed by atoms with van der Waals surface area (Å²) < 4.78 is 5.31. The summed E-state index contributed by atoms with van der Waals surface area (Å²) in [5.74, 6) is 0. The van der Waals surface area contributed by atoms with Crippen LogP contribution >= 0.6 is 0 Å². The van der Waals surface area contributed by atoms with Gasteiger partial charge in [0.2, 0.25) is 0 Å². The molecule has 16 heavy (non-hydrogen) atoms. The number of rotatable bonds is 12. The Kier molecular flexibility index (Phi) is 12.9. The predicted octanol–water partition coefficient (Wildman–Crippen LogP) is 3.46. The molecule has 0 aliphatic carbocycles. The van der Waals surface area contributed by atoms with Crippen LogP contribution in [0.15, 0.2) is 0 Å². The lowest BCUT2D eigenvalue weighted by Gasteiger charge is -2.14. The zero-order valence-electron chi connectivity index (χ0n) is 11.1. The molecule has 0 fully saturated rings. The molecule has 0 radical (unpaired) electrons. The normalized spacial score (nSPS) is 11.2. The SMILES string of the molecule is CCCCCCCCN(O)CCOCCC. The first-order valence-electron chi connectivity index (χ1n) is 6.82. The van der Waals surface area contributed by atoms with Crippen molar-refractivity contribution in [2.45, 2.75) is 58.8 Å². The summed E-state index contributed by atoms with van der Waals surface area (Å²) in [7, 11) is 0. The maximum absolute atomic E-state index is 9.50. The molecular weight excluding hydrogens is 202 g/mol. The van der Waals surface area contributed by atoms with E-state index in [1.165, 1.54) is 37.2 Å². The monoisotopic (exact) mass is 231 g/mol. The largest absolute Gasteiger partial charge is 0.380 e. The van der Waals surface area contributed by atoms with Crippen LogP contribution in [0.5, 0.6) is 0 Å². The lowest BCUT2D eigenvalue weighted by Crippen LogP contribution is -2.25. The zero-order chi connectivity index (χ0) is 12.1. The molecule has 0 aliphatic rings. The summed E-state index contributed by atoms with van der Waals surface area (Å²) >= 11 is 0. The van der Waals surface area contributed by atoms with E-state index in [0.29, 0.717) is 13.2 Å². The van der Waals surface area contributed by atoms with Crippen molar-refractivity contribution in [2.75, 3.05) is 26.3 Å². The van der Waals surface area contributed by atoms with E-state index in [2.05, 4.69) is 13.8 Å². The molecule has 0 spiro atoms. The molecule has 98 valence electrons. The van der Waals surface area contributed by atoms with E-state index in [1.54, 1.807) is 0 Å². The lowest BCUT2D eigenvalue weighted by atomic mass is 10.1. The van der Waals surface area contributed by atoms with Crippen LogP contribution in [0.3, 0.4) is 0 Å². The topological polar surface area (TPSA) is 32.7 Å². The second-order valence-electron chi connectivity index (χ2n) is 4.33. The van der Waals surface area contributed by atoms with Gasteiger partial charge in [0.15, 0.2) is 0 Å². The van der Waals surface area contributed by atoms with Crippen molar-refractivity contribution in [2.24, 2.45) is 0 Å². The summed E-state index contributed by atoms with van der Waals surface area (Å²) in [6.07, 6.45) is 8.63. The van der Waals surface area contributed by atoms with E-state index in [1.807, 2.05) is 0 Å². The molecule has 0 atom stereocenters. The highest BCUT2D eigenvalue weighted by atomic mass is 16.5. The van der Waals surface area contributed by atoms with Crippen molar-refractivity contribution in [3.63, 3.8) is 0 Å². The van der Waals surface area contributed by atoms with Crippen LogP contribution in [0, 0.1) is 0 Å². The Hall–Kier alpha value is -0.120. The van der Waals surface area contributed by atoms with E-state index in [9.17, 15) is 5.21 Å². The molecule has 0 amide bonds. The van der Waals surface area contributed by atoms with Crippen molar-refractivity contribution in [3.8, 4) is 0 Å². The van der Waals surface area contributed by atoms with Gasteiger partial charge in [-0.15, -0.1) is 0 Å². The van der Waals surface area contributed by atoms with E-state index < -0.39 is 0 Å². The van der Waals surface area contributed by atoms with Crippen molar-refractivity contribution < 1.29 is 9.94 Å². The minimum Gasteiger partial charge on any atom is -0.380 e. The Labute approximate surface area is 101 Å². The molecule has 0 saturated heterocycles. The number of nitrogens with zero attached hydrogens (tertiary/aromatic N) is 1. The van der Waals surface area contributed by atoms with Gasteiger partial charge in [-0.1, -0.05) is 46.0 Å². The Balaban J connectivity index is 3.08. The molecule has 0 unspecified atom stereocenters. The summed E-state index contributed by atoms with van der Waals surface area (Å²) in [6, 6.07) is 0. The fraction of sp³-hybridized carbons (Fsp3) is 1.00. The molecule has 3 nitrogen and oxygen atoms in total. The summed E-state index contributed by atoms with van der Waals surface area (Å²) in [4.78, 5) is 0. The molecule has 0 aromatic carbocycles. The Bertz CT molecular complexity index is 131. The molecule has 0 aromatic rings. The Morgan fingerprint density at radius 1 is 0.812 bits per heavy atom. The Morgan fingerprint density at radius 3 is 2.19 bits per heavy atom. The van der Waals surface area contributed by atoms with Gasteiger partial charge in [0.1, 0.15) is 0 Å². The first-order chi connectivity index (χ1) is 7.81. The van der Waals surface area contributed by atoms with E-state index in [0.717, 1.165) is 26.0 Å². The summed E-state index contributed by atoms with van der Waals surface area (Å²) in [5.41, 5.74) is 0. The van der Waals surface area contributed by atoms with Gasteiger partial charge in [-0.3, -0.25) is 0 Å². The molecule has 1 N–H and O–H groups in total. The van der Waals surface area contributed by atoms with Gasteiger partial charge in [0.05, 0.1) is 6.61 Å². The number of hydroxylamine groups is 2. The van der Waals surface area contributed by atoms with Gasteiger partial charge in [-0.05, 0) is 12.8 Å². The molecule has 0 aliphatic heterocycles. The van der Waals surface area contributed by atoms with Gasteiger partial charge in [0.25, 0.3) is 0 Å². The maximum atomic E-state index is 9.50. The average molecular weight is 231 g/mol. The highest BCUT2D eigenvalue weighted by molar-refractivity contribution is 4.48. The molecule has 0 saturated carbocycles. The van der Waals surface area contributed by atoms with E-state index in [-0.39, 0.29) is 0 Å². The van der Waals surface area contributed by atoms with Gasteiger partial charge >= 0.3 is 0 Å². The number of hydrogen-bond acceptors (Lipinski definition) is 3. The minimum atomic E-state index is 0.634. The fourth-order valence-electron chi connectivity index (χ4n) is 1.60. The van der Waals surface area contributed by atoms with E-state index >= 15 is 0 Å². The number of ether oxygens (including phenoxy) is 1. The molecular formula is C13H29NO2. The maximum Gasteiger partial charge on any atom is 0.0616 e. The predicted molar refractivity (Wildman–Crippen MR) is 67.8 cm³/mol. The molecule has 0 aromatic heterocycles. The van der Waals surface area contributed by atoms with Gasteiger partial charge in [-0.25, -0.2) is 0 Å². The fourth-order valence-corrected chi connectivity index (χ4v) is 1.60. The third-order valence-electron chi connectivity index (χ3n) is 2.61. The molecule has 3 heteroatoms. The number of hydrogen-bond donors (Lipinski definition) is 1. The molecule has 0 bridgehead atoms. The third kappa shape index (κ3) is 12.0. The van der Waals surface area contributed by atoms with Crippen LogP contribution in [-0.2, 0) is 4.74 Å². The quantitative estimate of drug-likeness (QED) is 0.412. The third-order valence-corrected chi connectivity index (χ3v) is 2.61. The van der Waals surface area contributed by atoms with Crippen LogP contribution in [0.1, 0.15) is 58.8 Å². The van der Waals surface area contributed by atoms with Crippen LogP contribution < -0.4 is 0 Å². The Morgan fingerprint density at radius 2 is 1.50 bits per heavy atom. The van der Waals surface area contributed by atoms with Crippen LogP contribution in [0.25, 0.3) is 0 Å². The zero-order valence-corrected chi connectivity index (χ0v) is 11.1. The molecule has 0 heterocycles. The standard InChI is InChI=1S/C13H29NO2/c1-3-5-6-7-8-9-10-14(15)11-13-16-12-4-2/h15H,3-13H2,1-2H3. The van der Waals surface area contributed by atoms with Gasteiger partial charge < -0.3 is 9.94 Å². The smallest absolute Gasteiger partial charge is 0.0616 e. The first-order valence-corrected chi connectivity index (χ1v) is 6.82. The van der Waals surface area contributed by atoms with Crippen molar-refractivity contribution in [1.29, 1.82) is 0 Å². The van der Waals surface area contributed by atoms with Crippen LogP contribution in [0.2, 0.25) is 0 Å². The van der Waals surface area contributed by atoms with Crippen molar-refractivity contribution >= 4 is 0 Å². The minimum absolute atomic E-state index is 0.634. The van der Waals surface area contributed by atoms with E-state index in [4.69, 9.17) is 4.74 Å². The van der Waals surface area contributed by atoms with Gasteiger partial charge in [-0.2, -0.15) is 5.06 Å². The lowest BCUT2D eigenvalue weighted by molar-refractivity contribution is -0.105. The highest BCUT2D eigenvalue weighted by Crippen LogP contribution is 2.05. The second kappa shape index (κ2) is 12.9. The summed E-state index contributed by atoms with van der Waals surface area (Å²) in [5, 5.41) is 10.9. The second-order valence-corrected chi connectivity index (χ2v) is 4.33. The van der Waals surface area contributed by atoms with Crippen LogP contribution in [-0.4, -0.2) is 36.6 Å². The number of unbranched alkanes of at least 4 members (excludes halogenated alkanes) is 5. The van der Waals surface area contributed by atoms with Crippen molar-refractivity contribution in [1.82, 2.24) is 5.06 Å². The summed E-state index contributed by atoms with van der Waals surface area (Å²) in [6.45, 7) is 7.17. The highest BCUT2D eigenvalue weighted by Gasteiger charge is 1.99.